The van der Waals surface area contributed by atoms with Crippen molar-refractivity contribution in [3.05, 3.63) is 152 Å². The molecule has 2 unspecified atom stereocenters. The van der Waals surface area contributed by atoms with Crippen molar-refractivity contribution in [2.24, 2.45) is 0 Å². The number of benzene rings is 5. The van der Waals surface area contributed by atoms with E-state index in [-0.39, 0.29) is 24.0 Å². The molecule has 4 nitrogen and oxygen atoms in total. The lowest BCUT2D eigenvalue weighted by Crippen LogP contribution is -2.09. The normalized spacial score (nSPS) is 12.4. The minimum absolute atomic E-state index is 0.164. The summed E-state index contributed by atoms with van der Waals surface area (Å²) in [6.07, 6.45) is 0. The molecular formula is C44H52O4P2. The molecule has 2 atom stereocenters. The zero-order chi connectivity index (χ0) is 36.1. The molecule has 5 aromatic carbocycles. The molecule has 0 saturated carbocycles. The Bertz CT molecular complexity index is 1830. The molecule has 0 saturated heterocycles. The van der Waals surface area contributed by atoms with Crippen LogP contribution >= 0.6 is 18.1 Å². The quantitative estimate of drug-likeness (QED) is 0.0902. The Morgan fingerprint density at radius 1 is 0.400 bits per heavy atom. The third-order valence-electron chi connectivity index (χ3n) is 9.10. The Balaban J connectivity index is 1.57. The molecule has 262 valence electrons. The van der Waals surface area contributed by atoms with Crippen molar-refractivity contribution in [3.63, 3.8) is 0 Å². The lowest BCUT2D eigenvalue weighted by atomic mass is 9.81. The monoisotopic (exact) mass is 706 g/mol. The standard InChI is InChI=1S/C44H52O4P2/c1-26(2)36-18-14-29(6)24-40(36)45-49-47-43-33(10)20-31(8)22-38(43)42(35-16-12-28(5)13-17-35)39-23-32(9)21-34(11)44(39)48-50-46-41-25-30(7)15-19-37(41)27(3)4/h12-27,42,49-50H,1-11H3. The van der Waals surface area contributed by atoms with Gasteiger partial charge in [-0.05, 0) is 111 Å². The van der Waals surface area contributed by atoms with Gasteiger partial charge in [-0.25, -0.2) is 0 Å². The number of hydrogen-bond donors (Lipinski definition) is 0. The summed E-state index contributed by atoms with van der Waals surface area (Å²) in [6, 6.07) is 30.5. The van der Waals surface area contributed by atoms with Crippen LogP contribution in [0.3, 0.4) is 0 Å². The molecule has 0 aliphatic heterocycles. The van der Waals surface area contributed by atoms with E-state index in [1.165, 1.54) is 27.8 Å². The maximum atomic E-state index is 6.68. The highest BCUT2D eigenvalue weighted by Crippen LogP contribution is 2.47. The Labute approximate surface area is 303 Å². The molecule has 0 aromatic heterocycles. The van der Waals surface area contributed by atoms with E-state index in [1.54, 1.807) is 0 Å². The Hall–Kier alpha value is -3.84. The zero-order valence-corrected chi connectivity index (χ0v) is 33.4. The fraction of sp³-hybridized carbons (Fsp3) is 0.318. The summed E-state index contributed by atoms with van der Waals surface area (Å²) in [5.74, 6) is 3.94. The summed E-state index contributed by atoms with van der Waals surface area (Å²) in [5, 5.41) is 0. The fourth-order valence-electron chi connectivity index (χ4n) is 6.60. The second-order valence-electron chi connectivity index (χ2n) is 14.3. The Kier molecular flexibility index (Phi) is 12.3. The van der Waals surface area contributed by atoms with Crippen LogP contribution in [0, 0.1) is 48.5 Å². The highest BCUT2D eigenvalue weighted by molar-refractivity contribution is 7.27. The molecule has 5 aromatic rings. The highest BCUT2D eigenvalue weighted by atomic mass is 31.1. The molecule has 0 N–H and O–H groups in total. The summed E-state index contributed by atoms with van der Waals surface area (Å²) in [6.45, 7) is 23.6. The first kappa shape index (κ1) is 37.4. The third kappa shape index (κ3) is 8.90. The summed E-state index contributed by atoms with van der Waals surface area (Å²) in [7, 11) is -0.419. The minimum atomic E-state index is -0.210. The molecule has 0 spiro atoms. The summed E-state index contributed by atoms with van der Waals surface area (Å²) >= 11 is 0. The van der Waals surface area contributed by atoms with Crippen molar-refractivity contribution < 1.29 is 18.1 Å². The van der Waals surface area contributed by atoms with Gasteiger partial charge in [-0.2, -0.15) is 0 Å². The average Bonchev–Trinajstić information content (AvgIpc) is 3.04. The Morgan fingerprint density at radius 3 is 1.20 bits per heavy atom. The first-order valence-electron chi connectivity index (χ1n) is 17.5. The number of rotatable bonds is 13. The topological polar surface area (TPSA) is 36.9 Å². The van der Waals surface area contributed by atoms with E-state index >= 15 is 0 Å². The molecular weight excluding hydrogens is 654 g/mol. The van der Waals surface area contributed by atoms with Crippen LogP contribution in [0.25, 0.3) is 0 Å². The maximum Gasteiger partial charge on any atom is 0.275 e. The molecule has 5 rings (SSSR count). The van der Waals surface area contributed by atoms with E-state index in [2.05, 4.69) is 161 Å². The van der Waals surface area contributed by atoms with E-state index in [9.17, 15) is 0 Å². The molecule has 0 aliphatic carbocycles. The van der Waals surface area contributed by atoms with Crippen molar-refractivity contribution in [1.82, 2.24) is 0 Å². The van der Waals surface area contributed by atoms with Crippen molar-refractivity contribution in [1.29, 1.82) is 0 Å². The van der Waals surface area contributed by atoms with Crippen LogP contribution in [-0.4, -0.2) is 0 Å². The average molecular weight is 707 g/mol. The lowest BCUT2D eigenvalue weighted by Gasteiger charge is -2.27. The smallest absolute Gasteiger partial charge is 0.275 e. The maximum absolute atomic E-state index is 6.68. The van der Waals surface area contributed by atoms with E-state index in [1.807, 2.05) is 0 Å². The van der Waals surface area contributed by atoms with Gasteiger partial charge in [0.1, 0.15) is 23.0 Å². The molecule has 0 heterocycles. The number of hydrogen-bond acceptors (Lipinski definition) is 4. The lowest BCUT2D eigenvalue weighted by molar-refractivity contribution is 0.498. The fourth-order valence-corrected chi connectivity index (χ4v) is 7.94. The minimum Gasteiger partial charge on any atom is -0.440 e. The Morgan fingerprint density at radius 2 is 0.800 bits per heavy atom. The van der Waals surface area contributed by atoms with Gasteiger partial charge in [0.05, 0.1) is 0 Å². The van der Waals surface area contributed by atoms with Gasteiger partial charge < -0.3 is 18.1 Å². The molecule has 0 radical (unpaired) electrons. The van der Waals surface area contributed by atoms with Gasteiger partial charge in [0.15, 0.2) is 0 Å². The SMILES string of the molecule is Cc1ccc(C(c2cc(C)cc(C)c2OPOc2cc(C)ccc2C(C)C)c2cc(C)cc(C)c2OPOc2cc(C)ccc2C(C)C)cc1. The molecule has 0 amide bonds. The van der Waals surface area contributed by atoms with Gasteiger partial charge in [0.25, 0.3) is 18.1 Å². The van der Waals surface area contributed by atoms with Crippen molar-refractivity contribution in [2.75, 3.05) is 0 Å². The van der Waals surface area contributed by atoms with Crippen LogP contribution in [0.4, 0.5) is 0 Å². The van der Waals surface area contributed by atoms with E-state index in [0.717, 1.165) is 61.9 Å². The summed E-state index contributed by atoms with van der Waals surface area (Å²) in [5.41, 5.74) is 13.7. The van der Waals surface area contributed by atoms with E-state index < -0.39 is 0 Å². The largest absolute Gasteiger partial charge is 0.440 e. The predicted octanol–water partition coefficient (Wildman–Crippen LogP) is 13.2. The second-order valence-corrected chi connectivity index (χ2v) is 15.5. The summed E-state index contributed by atoms with van der Waals surface area (Å²) < 4.78 is 26.1. The molecule has 0 bridgehead atoms. The zero-order valence-electron chi connectivity index (χ0n) is 31.4. The first-order chi connectivity index (χ1) is 23.8. The predicted molar refractivity (Wildman–Crippen MR) is 214 cm³/mol. The third-order valence-corrected chi connectivity index (χ3v) is 10.3. The molecule has 0 fully saturated rings. The second kappa shape index (κ2) is 16.5. The van der Waals surface area contributed by atoms with Gasteiger partial charge in [-0.15, -0.1) is 0 Å². The van der Waals surface area contributed by atoms with Gasteiger partial charge in [-0.1, -0.05) is 117 Å². The molecule has 0 aliphatic rings. The molecule has 50 heavy (non-hydrogen) atoms. The van der Waals surface area contributed by atoms with Gasteiger partial charge >= 0.3 is 0 Å². The highest BCUT2D eigenvalue weighted by Gasteiger charge is 2.27. The van der Waals surface area contributed by atoms with Crippen LogP contribution in [-0.2, 0) is 0 Å². The van der Waals surface area contributed by atoms with Gasteiger partial charge in [0, 0.05) is 17.0 Å². The van der Waals surface area contributed by atoms with Crippen molar-refractivity contribution in [2.45, 2.75) is 93.9 Å². The van der Waals surface area contributed by atoms with Crippen LogP contribution in [0.2, 0.25) is 0 Å². The van der Waals surface area contributed by atoms with Crippen molar-refractivity contribution in [3.8, 4) is 23.0 Å². The van der Waals surface area contributed by atoms with Crippen LogP contribution in [0.1, 0.15) is 112 Å². The van der Waals surface area contributed by atoms with E-state index in [0.29, 0.717) is 11.8 Å². The van der Waals surface area contributed by atoms with E-state index in [4.69, 9.17) is 18.1 Å². The molecule has 6 heteroatoms. The van der Waals surface area contributed by atoms with Gasteiger partial charge in [-0.3, -0.25) is 0 Å². The first-order valence-corrected chi connectivity index (χ1v) is 19.1. The summed E-state index contributed by atoms with van der Waals surface area (Å²) in [4.78, 5) is 0. The number of aryl methyl sites for hydroxylation is 7. The van der Waals surface area contributed by atoms with Crippen LogP contribution in [0.5, 0.6) is 23.0 Å². The van der Waals surface area contributed by atoms with Gasteiger partial charge in [0.2, 0.25) is 0 Å². The van der Waals surface area contributed by atoms with Crippen LogP contribution in [0.15, 0.2) is 84.9 Å². The van der Waals surface area contributed by atoms with Crippen molar-refractivity contribution >= 4 is 18.1 Å². The van der Waals surface area contributed by atoms with Crippen LogP contribution < -0.4 is 18.1 Å².